The van der Waals surface area contributed by atoms with Crippen LogP contribution >= 0.6 is 7.60 Å². The summed E-state index contributed by atoms with van der Waals surface area (Å²) in [5, 5.41) is 8.22. The van der Waals surface area contributed by atoms with Gasteiger partial charge in [-0.15, -0.1) is 0 Å². The van der Waals surface area contributed by atoms with Crippen molar-refractivity contribution in [1.82, 2.24) is 25.1 Å². The van der Waals surface area contributed by atoms with Crippen molar-refractivity contribution in [3.05, 3.63) is 140 Å². The molecule has 5 aromatic rings. The highest BCUT2D eigenvalue weighted by Gasteiger charge is 2.56. The summed E-state index contributed by atoms with van der Waals surface area (Å²) in [5.41, 5.74) is 5.28. The number of carbonyl (C=O) groups excluding carboxylic acids is 8. The lowest BCUT2D eigenvalue weighted by atomic mass is 9.98. The van der Waals surface area contributed by atoms with Crippen LogP contribution in [0.2, 0.25) is 0 Å². The van der Waals surface area contributed by atoms with E-state index in [0.29, 0.717) is 61.6 Å². The number of hydrogen-bond donors (Lipinski definition) is 4. The number of imide groups is 1. The van der Waals surface area contributed by atoms with Gasteiger partial charge in [0.1, 0.15) is 18.1 Å². The second-order valence-electron chi connectivity index (χ2n) is 28.0. The molecule has 0 aliphatic carbocycles. The predicted molar refractivity (Wildman–Crippen MR) is 373 cm³/mol. The third-order valence-electron chi connectivity index (χ3n) is 18.1. The third-order valence-corrected chi connectivity index (χ3v) is 19.9. The third kappa shape index (κ3) is 20.5. The van der Waals surface area contributed by atoms with E-state index in [2.05, 4.69) is 16.0 Å². The van der Waals surface area contributed by atoms with Gasteiger partial charge in [-0.3, -0.25) is 71.3 Å². The van der Waals surface area contributed by atoms with Crippen molar-refractivity contribution in [2.45, 2.75) is 194 Å². The molecule has 4 heterocycles. The van der Waals surface area contributed by atoms with E-state index in [0.717, 1.165) is 90.4 Å². The van der Waals surface area contributed by atoms with Gasteiger partial charge in [-0.1, -0.05) is 91.7 Å². The molecule has 3 aliphatic rings. The molecular weight excluding hydrogens is 1330 g/mol. The zero-order chi connectivity index (χ0) is 73.4. The number of nitrogens with two attached hydrogens (primary N) is 1. The smallest absolute Gasteiger partial charge is 0.410 e. The number of para-hydroxylation sites is 2. The van der Waals surface area contributed by atoms with Gasteiger partial charge in [0.15, 0.2) is 0 Å². The van der Waals surface area contributed by atoms with Gasteiger partial charge in [0, 0.05) is 64.4 Å². The van der Waals surface area contributed by atoms with Gasteiger partial charge in [-0.2, -0.15) is 8.78 Å². The summed E-state index contributed by atoms with van der Waals surface area (Å²) in [5.74, 6) is -4.71. The van der Waals surface area contributed by atoms with E-state index in [9.17, 15) is 47.7 Å². The molecule has 0 spiro atoms. The number of benzene rings is 4. The SMILES string of the molecule is C/C(=C\C(=O)N[C@H]1CCc2cccc3c2N(C1=O)[C@H](C(=O)N[C@@H](CCC(N)=O)[C@@H](C)OCc1ccc(CCCOCCCCCCOCCCc2cccc4c2n(C)c(=O)n4C2CCC(=O)NC2=O)cc1)C3)c1ccc(C(F)(F)P(=O)(OCOC(=O)C(C)(C)C)OCOC(=O)C(C)(C)C)cc1. The van der Waals surface area contributed by atoms with Gasteiger partial charge in [-0.05, 0) is 165 Å². The van der Waals surface area contributed by atoms with E-state index < -0.39 is 115 Å². The molecule has 5 atom stereocenters. The molecule has 6 amide bonds. The minimum absolute atomic E-state index is 0.0476. The summed E-state index contributed by atoms with van der Waals surface area (Å²) in [6, 6.07) is 20.2. The van der Waals surface area contributed by atoms with E-state index in [4.69, 9.17) is 38.5 Å². The van der Waals surface area contributed by atoms with Gasteiger partial charge >= 0.3 is 30.9 Å². The number of amides is 6. The first kappa shape index (κ1) is 78.5. The maximum Gasteiger partial charge on any atom is 0.410 e. The average Bonchev–Trinajstić information content (AvgIpc) is 1.46. The van der Waals surface area contributed by atoms with Crippen molar-refractivity contribution >= 4 is 77.3 Å². The Balaban J connectivity index is 0.763. The summed E-state index contributed by atoms with van der Waals surface area (Å²) in [6.45, 7) is 12.9. The molecule has 4 aromatic carbocycles. The van der Waals surface area contributed by atoms with Gasteiger partial charge < -0.3 is 40.1 Å². The maximum atomic E-state index is 16.3. The molecule has 3 aliphatic heterocycles. The summed E-state index contributed by atoms with van der Waals surface area (Å²) in [4.78, 5) is 119. The molecule has 8 rings (SSSR count). The summed E-state index contributed by atoms with van der Waals surface area (Å²) >= 11 is 0. The van der Waals surface area contributed by atoms with Crippen LogP contribution in [0.15, 0.2) is 95.8 Å². The number of unbranched alkanes of at least 4 members (excludes halogenated alkanes) is 3. The van der Waals surface area contributed by atoms with Crippen molar-refractivity contribution in [2.75, 3.05) is 44.9 Å². The second kappa shape index (κ2) is 35.1. The average molecular weight is 1420 g/mol. The number of aryl methyl sites for hydroxylation is 4. The van der Waals surface area contributed by atoms with Crippen LogP contribution in [0, 0.1) is 10.8 Å². The molecule has 1 saturated heterocycles. The number of piperidine rings is 1. The van der Waals surface area contributed by atoms with Crippen molar-refractivity contribution in [2.24, 2.45) is 23.6 Å². The number of primary amides is 1. The summed E-state index contributed by atoms with van der Waals surface area (Å²) < 4.78 is 87.6. The summed E-state index contributed by atoms with van der Waals surface area (Å²) in [6.07, 6.45) is 9.05. The fourth-order valence-electron chi connectivity index (χ4n) is 12.3. The molecule has 27 heteroatoms. The Labute approximate surface area is 587 Å². The number of ether oxygens (including phenoxy) is 5. The highest BCUT2D eigenvalue weighted by molar-refractivity contribution is 7.54. The van der Waals surface area contributed by atoms with Crippen LogP contribution in [0.5, 0.6) is 0 Å². The number of carbonyl (C=O) groups is 8. The van der Waals surface area contributed by atoms with E-state index in [1.165, 1.54) is 69.2 Å². The minimum Gasteiger partial charge on any atom is -0.438 e. The molecule has 1 aromatic heterocycles. The highest BCUT2D eigenvalue weighted by Crippen LogP contribution is 2.67. The first-order valence-corrected chi connectivity index (χ1v) is 36.0. The molecule has 0 saturated carbocycles. The van der Waals surface area contributed by atoms with Gasteiger partial charge in [0.2, 0.25) is 49.0 Å². The van der Waals surface area contributed by atoms with E-state index in [1.54, 1.807) is 25.5 Å². The van der Waals surface area contributed by atoms with Gasteiger partial charge in [-0.25, -0.2) is 4.79 Å². The van der Waals surface area contributed by atoms with Gasteiger partial charge in [0.05, 0.1) is 46.3 Å². The first-order chi connectivity index (χ1) is 47.9. The van der Waals surface area contributed by atoms with Gasteiger partial charge in [0.25, 0.3) is 0 Å². The number of halogens is 2. The molecule has 101 heavy (non-hydrogen) atoms. The van der Waals surface area contributed by atoms with Crippen LogP contribution in [-0.4, -0.2) is 121 Å². The number of nitrogens with one attached hydrogen (secondary N) is 3. The number of allylic oxidation sites excluding steroid dienone is 1. The largest absolute Gasteiger partial charge is 0.438 e. The van der Waals surface area contributed by atoms with Crippen LogP contribution < -0.4 is 32.3 Å². The van der Waals surface area contributed by atoms with E-state index in [-0.39, 0.29) is 56.7 Å². The quantitative estimate of drug-likeness (QED) is 0.00723. The number of imidazole rings is 1. The maximum absolute atomic E-state index is 16.3. The Morgan fingerprint density at radius 3 is 1.95 bits per heavy atom. The standard InChI is InChI=1S/C74H96F2N7O17P/c1-47(51-28-31-55(32-29-51)74(75,76)101(93,99-45-97-69(90)72(3,4)5)100-46-98-70(91)73(6,7)8)42-63(86)78-57-33-30-53-19-14-21-54-43-60(83(64(53)54)68(57)89)67(88)79-56(34-36-61(77)84)48(2)96-44-50-26-24-49(25-27-50)18-16-40-94-38-12-10-11-13-39-95-41-17-22-52-20-15-23-58-65(52)81(9)71(92)82(58)59-35-37-62(85)80-66(59)87/h14-15,19-21,23-29,31-32,42,48,56-57,59-60H,10-13,16-18,22,30,33-41,43-46H2,1-9H3,(H2,77,84)(H,78,86)(H,79,88)(H,80,85,87)/b47-42+/t48-,56+,57+,59?,60+/m1/s1. The van der Waals surface area contributed by atoms with Crippen molar-refractivity contribution in [1.29, 1.82) is 0 Å². The fourth-order valence-corrected chi connectivity index (χ4v) is 13.5. The Morgan fingerprint density at radius 2 is 1.34 bits per heavy atom. The Kier molecular flexibility index (Phi) is 27.3. The van der Waals surface area contributed by atoms with E-state index >= 15 is 8.78 Å². The Morgan fingerprint density at radius 1 is 0.743 bits per heavy atom. The number of aromatic nitrogens is 2. The zero-order valence-corrected chi connectivity index (χ0v) is 60.1. The minimum atomic E-state index is -5.60. The fraction of sp³-hybridized carbons (Fsp3) is 0.527. The normalized spacial score (nSPS) is 17.3. The van der Waals surface area contributed by atoms with Crippen LogP contribution in [0.1, 0.15) is 171 Å². The number of anilines is 1. The molecule has 1 unspecified atom stereocenters. The van der Waals surface area contributed by atoms with Crippen LogP contribution in [0.3, 0.4) is 0 Å². The predicted octanol–water partition coefficient (Wildman–Crippen LogP) is 9.99. The monoisotopic (exact) mass is 1420 g/mol. The van der Waals surface area contributed by atoms with Crippen LogP contribution in [0.4, 0.5) is 14.5 Å². The summed E-state index contributed by atoms with van der Waals surface area (Å²) in [7, 11) is -3.89. The Bertz CT molecular complexity index is 3900. The molecular formula is C74H96F2N7O17P. The van der Waals surface area contributed by atoms with Crippen LogP contribution in [0.25, 0.3) is 16.6 Å². The number of hydrogen-bond acceptors (Lipinski definition) is 17. The molecule has 0 bridgehead atoms. The Hall–Kier alpha value is -8.26. The van der Waals surface area contributed by atoms with Crippen molar-refractivity contribution < 1.29 is 84.4 Å². The lowest BCUT2D eigenvalue weighted by molar-refractivity contribution is -0.163. The lowest BCUT2D eigenvalue weighted by Gasteiger charge is -2.31. The number of fused-ring (bicyclic) bond motifs is 1. The van der Waals surface area contributed by atoms with Crippen LogP contribution in [-0.2, 0) is 121 Å². The van der Waals surface area contributed by atoms with E-state index in [1.807, 2.05) is 60.7 Å². The molecule has 548 valence electrons. The van der Waals surface area contributed by atoms with Crippen molar-refractivity contribution in [3.8, 4) is 0 Å². The highest BCUT2D eigenvalue weighted by atomic mass is 31.2. The molecule has 1 fully saturated rings. The second-order valence-corrected chi connectivity index (χ2v) is 30.1. The number of esters is 2. The lowest BCUT2D eigenvalue weighted by Crippen LogP contribution is -2.56. The topological polar surface area (TPSA) is 311 Å². The zero-order valence-electron chi connectivity index (χ0n) is 59.2. The number of nitrogens with zero attached hydrogens (tertiary/aromatic N) is 3. The molecule has 0 radical (unpaired) electrons. The number of rotatable bonds is 36. The molecule has 24 nitrogen and oxygen atoms in total. The molecule has 5 N–H and O–H groups in total. The first-order valence-electron chi connectivity index (χ1n) is 34.5. The number of alkyl halides is 2. The van der Waals surface area contributed by atoms with Crippen molar-refractivity contribution in [3.63, 3.8) is 0 Å².